The highest BCUT2D eigenvalue weighted by Gasteiger charge is 2.07. The minimum atomic E-state index is -0.193. The minimum absolute atomic E-state index is 0.193. The number of hydrogen-bond acceptors (Lipinski definition) is 2. The Morgan fingerprint density at radius 3 is 2.75 bits per heavy atom. The van der Waals surface area contributed by atoms with E-state index in [0.29, 0.717) is 25.0 Å². The van der Waals surface area contributed by atoms with E-state index in [1.54, 1.807) is 18.2 Å². The molecule has 2 aromatic rings. The number of nitrogens with zero attached hydrogens (tertiary/aromatic N) is 1. The molecule has 0 spiro atoms. The summed E-state index contributed by atoms with van der Waals surface area (Å²) in [6.45, 7) is 0. The smallest absolute Gasteiger partial charge is 0.264 e. The standard InChI is InChI=1S/C10H5Cl2IN2O/c11-5-1-2-7(12)6(3-5)9-14-4-8(13)10(16)15-9/h1-4H,(H,14,15,16). The molecule has 0 bridgehead atoms. The van der Waals surface area contributed by atoms with E-state index in [1.807, 2.05) is 22.6 Å². The summed E-state index contributed by atoms with van der Waals surface area (Å²) in [5.41, 5.74) is 0.421. The third kappa shape index (κ3) is 2.39. The number of hydrogen-bond donors (Lipinski definition) is 1. The van der Waals surface area contributed by atoms with Gasteiger partial charge in [-0.15, -0.1) is 0 Å². The average Bonchev–Trinajstić information content (AvgIpc) is 2.26. The molecule has 0 radical (unpaired) electrons. The Kier molecular flexibility index (Phi) is 3.51. The lowest BCUT2D eigenvalue weighted by molar-refractivity contribution is 1.11. The van der Waals surface area contributed by atoms with Gasteiger partial charge < -0.3 is 4.98 Å². The molecule has 0 unspecified atom stereocenters. The molecule has 16 heavy (non-hydrogen) atoms. The molecule has 0 aliphatic carbocycles. The van der Waals surface area contributed by atoms with Crippen molar-refractivity contribution in [3.8, 4) is 11.4 Å². The van der Waals surface area contributed by atoms with Gasteiger partial charge in [-0.1, -0.05) is 23.2 Å². The summed E-state index contributed by atoms with van der Waals surface area (Å²) in [5.74, 6) is 0.415. The van der Waals surface area contributed by atoms with Gasteiger partial charge in [0.05, 0.1) is 8.59 Å². The highest BCUT2D eigenvalue weighted by molar-refractivity contribution is 14.1. The van der Waals surface area contributed by atoms with E-state index in [-0.39, 0.29) is 5.56 Å². The zero-order valence-electron chi connectivity index (χ0n) is 7.80. The number of nitrogens with one attached hydrogen (secondary N) is 1. The van der Waals surface area contributed by atoms with Crippen LogP contribution in [-0.2, 0) is 0 Å². The molecule has 82 valence electrons. The predicted molar refractivity (Wildman–Crippen MR) is 73.0 cm³/mol. The van der Waals surface area contributed by atoms with Gasteiger partial charge in [-0.05, 0) is 40.8 Å². The first-order chi connectivity index (χ1) is 7.58. The fraction of sp³-hybridized carbons (Fsp3) is 0. The molecule has 3 nitrogen and oxygen atoms in total. The normalized spacial score (nSPS) is 10.4. The topological polar surface area (TPSA) is 45.8 Å². The molecule has 1 aromatic carbocycles. The van der Waals surface area contributed by atoms with Crippen LogP contribution < -0.4 is 5.56 Å². The maximum atomic E-state index is 11.4. The van der Waals surface area contributed by atoms with Gasteiger partial charge >= 0.3 is 0 Å². The fourth-order valence-electron chi connectivity index (χ4n) is 1.20. The van der Waals surface area contributed by atoms with Gasteiger partial charge in [-0.25, -0.2) is 4.98 Å². The van der Waals surface area contributed by atoms with Gasteiger partial charge in [0, 0.05) is 16.8 Å². The number of aromatic amines is 1. The van der Waals surface area contributed by atoms with Crippen LogP contribution in [0.5, 0.6) is 0 Å². The van der Waals surface area contributed by atoms with E-state index in [4.69, 9.17) is 23.2 Å². The molecule has 1 N–H and O–H groups in total. The van der Waals surface area contributed by atoms with Gasteiger partial charge in [0.2, 0.25) is 0 Å². The number of H-pyrrole nitrogens is 1. The molecule has 0 fully saturated rings. The second-order valence-corrected chi connectivity index (χ2v) is 5.04. The van der Waals surface area contributed by atoms with Crippen LogP contribution in [-0.4, -0.2) is 9.97 Å². The van der Waals surface area contributed by atoms with Crippen LogP contribution in [0.25, 0.3) is 11.4 Å². The summed E-state index contributed by atoms with van der Waals surface area (Å²) in [6, 6.07) is 5.00. The van der Waals surface area contributed by atoms with E-state index in [0.717, 1.165) is 0 Å². The van der Waals surface area contributed by atoms with Crippen molar-refractivity contribution in [2.75, 3.05) is 0 Å². The summed E-state index contributed by atoms with van der Waals surface area (Å²) in [7, 11) is 0. The molecule has 0 saturated carbocycles. The molecule has 0 amide bonds. The SMILES string of the molecule is O=c1[nH]c(-c2cc(Cl)ccc2Cl)ncc1I. The van der Waals surface area contributed by atoms with Crippen molar-refractivity contribution in [1.29, 1.82) is 0 Å². The second kappa shape index (κ2) is 4.73. The molecule has 1 aromatic heterocycles. The van der Waals surface area contributed by atoms with Crippen LogP contribution in [0.2, 0.25) is 10.0 Å². The summed E-state index contributed by atoms with van der Waals surface area (Å²) in [4.78, 5) is 18.2. The lowest BCUT2D eigenvalue weighted by Gasteiger charge is -2.03. The van der Waals surface area contributed by atoms with Crippen molar-refractivity contribution < 1.29 is 0 Å². The number of halogens is 3. The predicted octanol–water partition coefficient (Wildman–Crippen LogP) is 3.35. The van der Waals surface area contributed by atoms with Gasteiger partial charge in [0.1, 0.15) is 5.82 Å². The van der Waals surface area contributed by atoms with Crippen LogP contribution in [0, 0.1) is 3.57 Å². The lowest BCUT2D eigenvalue weighted by Crippen LogP contribution is -2.11. The lowest BCUT2D eigenvalue weighted by atomic mass is 10.2. The van der Waals surface area contributed by atoms with Crippen molar-refractivity contribution in [3.63, 3.8) is 0 Å². The molecule has 2 rings (SSSR count). The van der Waals surface area contributed by atoms with Gasteiger partial charge in [0.15, 0.2) is 0 Å². The molecular weight excluding hydrogens is 362 g/mol. The van der Waals surface area contributed by atoms with E-state index in [9.17, 15) is 4.79 Å². The fourth-order valence-corrected chi connectivity index (χ4v) is 1.85. The number of rotatable bonds is 1. The number of aromatic nitrogens is 2. The van der Waals surface area contributed by atoms with E-state index >= 15 is 0 Å². The van der Waals surface area contributed by atoms with Crippen molar-refractivity contribution in [1.82, 2.24) is 9.97 Å². The summed E-state index contributed by atoms with van der Waals surface area (Å²) in [6.07, 6.45) is 1.49. The molecule has 0 aliphatic rings. The largest absolute Gasteiger partial charge is 0.306 e. The Balaban J connectivity index is 2.63. The van der Waals surface area contributed by atoms with Crippen LogP contribution in [0.3, 0.4) is 0 Å². The zero-order valence-corrected chi connectivity index (χ0v) is 11.5. The van der Waals surface area contributed by atoms with Gasteiger partial charge in [0.25, 0.3) is 5.56 Å². The monoisotopic (exact) mass is 366 g/mol. The zero-order chi connectivity index (χ0) is 11.7. The van der Waals surface area contributed by atoms with Crippen LogP contribution in [0.1, 0.15) is 0 Å². The molecule has 1 heterocycles. The minimum Gasteiger partial charge on any atom is -0.306 e. The maximum Gasteiger partial charge on any atom is 0.264 e. The van der Waals surface area contributed by atoms with Crippen molar-refractivity contribution >= 4 is 45.8 Å². The maximum absolute atomic E-state index is 11.4. The highest BCUT2D eigenvalue weighted by Crippen LogP contribution is 2.27. The Labute approximate surface area is 115 Å². The van der Waals surface area contributed by atoms with Crippen molar-refractivity contribution in [2.24, 2.45) is 0 Å². The van der Waals surface area contributed by atoms with E-state index in [2.05, 4.69) is 9.97 Å². The quantitative estimate of drug-likeness (QED) is 0.786. The van der Waals surface area contributed by atoms with Crippen molar-refractivity contribution in [2.45, 2.75) is 0 Å². The van der Waals surface area contributed by atoms with Gasteiger partial charge in [-0.2, -0.15) is 0 Å². The Bertz CT molecular complexity index is 598. The Hall–Kier alpha value is -0.590. The molecule has 0 aliphatic heterocycles. The molecule has 0 atom stereocenters. The van der Waals surface area contributed by atoms with Crippen LogP contribution >= 0.6 is 45.8 Å². The molecular formula is C10H5Cl2IN2O. The average molecular weight is 367 g/mol. The summed E-state index contributed by atoms with van der Waals surface area (Å²) < 4.78 is 0.527. The van der Waals surface area contributed by atoms with Gasteiger partial charge in [-0.3, -0.25) is 4.79 Å². The second-order valence-electron chi connectivity index (χ2n) is 3.03. The first-order valence-corrected chi connectivity index (χ1v) is 6.11. The number of benzene rings is 1. The first kappa shape index (κ1) is 11.9. The van der Waals surface area contributed by atoms with Crippen LogP contribution in [0.4, 0.5) is 0 Å². The summed E-state index contributed by atoms with van der Waals surface area (Å²) >= 11 is 13.8. The van der Waals surface area contributed by atoms with Crippen LogP contribution in [0.15, 0.2) is 29.2 Å². The molecule has 0 saturated heterocycles. The summed E-state index contributed by atoms with van der Waals surface area (Å²) in [5, 5.41) is 1.04. The Morgan fingerprint density at radius 1 is 1.31 bits per heavy atom. The van der Waals surface area contributed by atoms with Crippen molar-refractivity contribution in [3.05, 3.63) is 48.4 Å². The third-order valence-electron chi connectivity index (χ3n) is 1.94. The Morgan fingerprint density at radius 2 is 2.06 bits per heavy atom. The highest BCUT2D eigenvalue weighted by atomic mass is 127. The molecule has 6 heteroatoms. The van der Waals surface area contributed by atoms with E-state index < -0.39 is 0 Å². The van der Waals surface area contributed by atoms with E-state index in [1.165, 1.54) is 6.20 Å². The third-order valence-corrected chi connectivity index (χ3v) is 3.27. The first-order valence-electron chi connectivity index (χ1n) is 4.28.